The summed E-state index contributed by atoms with van der Waals surface area (Å²) in [5.74, 6) is 0.329. The molecule has 130 valence electrons. The third kappa shape index (κ3) is 2.97. The number of fused-ring (bicyclic) bond motifs is 1. The maximum Gasteiger partial charge on any atom is 0.199 e. The average molecular weight is 342 g/mol. The quantitative estimate of drug-likeness (QED) is 0.544. The molecule has 0 bridgehead atoms. The summed E-state index contributed by atoms with van der Waals surface area (Å²) >= 11 is 0. The number of hydrogen-bond acceptors (Lipinski definition) is 2. The highest BCUT2D eigenvalue weighted by Gasteiger charge is 2.13. The Kier molecular flexibility index (Phi) is 4.21. The zero-order valence-electron chi connectivity index (χ0n) is 15.1. The summed E-state index contributed by atoms with van der Waals surface area (Å²) in [6.07, 6.45) is 6.72. The van der Waals surface area contributed by atoms with Gasteiger partial charge in [-0.25, -0.2) is 0 Å². The molecule has 0 amide bonds. The minimum Gasteiger partial charge on any atom is -0.494 e. The van der Waals surface area contributed by atoms with Gasteiger partial charge in [0.25, 0.3) is 0 Å². The van der Waals surface area contributed by atoms with Gasteiger partial charge in [-0.1, -0.05) is 43.3 Å². The molecular formula is C23H22N2O. The maximum atomic E-state index is 10.7. The van der Waals surface area contributed by atoms with Crippen LogP contribution in [0.2, 0.25) is 0 Å². The predicted octanol–water partition coefficient (Wildman–Crippen LogP) is 5.33. The summed E-state index contributed by atoms with van der Waals surface area (Å²) in [5.41, 5.74) is 5.78. The van der Waals surface area contributed by atoms with Gasteiger partial charge in [-0.2, -0.15) is 0 Å². The maximum absolute atomic E-state index is 10.7. The van der Waals surface area contributed by atoms with Crippen molar-refractivity contribution in [3.8, 4) is 17.0 Å². The number of pyridine rings is 1. The van der Waals surface area contributed by atoms with Crippen molar-refractivity contribution in [2.24, 2.45) is 0 Å². The molecule has 0 saturated heterocycles. The topological polar surface area (TPSA) is 38.0 Å². The van der Waals surface area contributed by atoms with Crippen molar-refractivity contribution in [3.05, 3.63) is 83.8 Å². The molecule has 1 N–H and O–H groups in total. The summed E-state index contributed by atoms with van der Waals surface area (Å²) < 4.78 is 1.92. The third-order valence-corrected chi connectivity index (χ3v) is 4.94. The van der Waals surface area contributed by atoms with Gasteiger partial charge in [0, 0.05) is 34.9 Å². The summed E-state index contributed by atoms with van der Waals surface area (Å²) in [7, 11) is 0. The van der Waals surface area contributed by atoms with E-state index in [0.29, 0.717) is 12.4 Å². The fourth-order valence-electron chi connectivity index (χ4n) is 3.49. The standard InChI is InChI=1S/C23H22N2O/c1-3-17-6-8-18(9-7-17)14-25-15-21-12-20(19-5-4-10-24-13-19)11-16(2)22(21)23(25)26/h4-13,15,26H,3,14H2,1-2H3. The Morgan fingerprint density at radius 2 is 1.77 bits per heavy atom. The zero-order chi connectivity index (χ0) is 18.1. The van der Waals surface area contributed by atoms with E-state index in [1.54, 1.807) is 6.20 Å². The second kappa shape index (κ2) is 6.68. The molecule has 0 saturated carbocycles. The monoisotopic (exact) mass is 342 g/mol. The number of hydrogen-bond donors (Lipinski definition) is 1. The molecule has 0 radical (unpaired) electrons. The van der Waals surface area contributed by atoms with Crippen molar-refractivity contribution in [3.63, 3.8) is 0 Å². The average Bonchev–Trinajstić information content (AvgIpc) is 2.99. The van der Waals surface area contributed by atoms with Crippen LogP contribution in [0.1, 0.15) is 23.6 Å². The smallest absolute Gasteiger partial charge is 0.199 e. The lowest BCUT2D eigenvalue weighted by molar-refractivity contribution is 0.430. The van der Waals surface area contributed by atoms with Crippen LogP contribution in [0, 0.1) is 6.92 Å². The van der Waals surface area contributed by atoms with Gasteiger partial charge in [0.1, 0.15) is 0 Å². The van der Waals surface area contributed by atoms with Crippen LogP contribution in [0.3, 0.4) is 0 Å². The van der Waals surface area contributed by atoms with E-state index in [2.05, 4.69) is 54.4 Å². The van der Waals surface area contributed by atoms with E-state index in [1.165, 1.54) is 11.1 Å². The molecule has 2 aromatic heterocycles. The van der Waals surface area contributed by atoms with Crippen molar-refractivity contribution >= 4 is 10.8 Å². The van der Waals surface area contributed by atoms with Crippen molar-refractivity contribution < 1.29 is 5.11 Å². The third-order valence-electron chi connectivity index (χ3n) is 4.94. The Bertz CT molecular complexity index is 1050. The molecule has 3 heteroatoms. The molecular weight excluding hydrogens is 320 g/mol. The van der Waals surface area contributed by atoms with Crippen molar-refractivity contribution in [2.45, 2.75) is 26.8 Å². The van der Waals surface area contributed by atoms with Crippen molar-refractivity contribution in [1.29, 1.82) is 0 Å². The second-order valence-corrected chi connectivity index (χ2v) is 6.75. The Morgan fingerprint density at radius 1 is 1.00 bits per heavy atom. The minimum absolute atomic E-state index is 0.329. The van der Waals surface area contributed by atoms with Crippen LogP contribution in [0.4, 0.5) is 0 Å². The van der Waals surface area contributed by atoms with E-state index in [1.807, 2.05) is 30.0 Å². The first kappa shape index (κ1) is 16.4. The zero-order valence-corrected chi connectivity index (χ0v) is 15.1. The molecule has 3 nitrogen and oxygen atoms in total. The number of aromatic nitrogens is 2. The first-order chi connectivity index (χ1) is 12.7. The number of nitrogens with zero attached hydrogens (tertiary/aromatic N) is 2. The number of benzene rings is 2. The normalized spacial score (nSPS) is 11.2. The molecule has 0 aliphatic heterocycles. The number of aromatic hydroxyl groups is 1. The lowest BCUT2D eigenvalue weighted by atomic mass is 10.0. The first-order valence-electron chi connectivity index (χ1n) is 8.96. The van der Waals surface area contributed by atoms with E-state index < -0.39 is 0 Å². The van der Waals surface area contributed by atoms with Crippen LogP contribution in [0.25, 0.3) is 21.9 Å². The van der Waals surface area contributed by atoms with E-state index in [-0.39, 0.29) is 0 Å². The van der Waals surface area contributed by atoms with Gasteiger partial charge >= 0.3 is 0 Å². The summed E-state index contributed by atoms with van der Waals surface area (Å²) in [4.78, 5) is 4.21. The fourth-order valence-corrected chi connectivity index (χ4v) is 3.49. The molecule has 4 rings (SSSR count). The predicted molar refractivity (Wildman–Crippen MR) is 106 cm³/mol. The summed E-state index contributed by atoms with van der Waals surface area (Å²) in [6, 6.07) is 16.8. The number of rotatable bonds is 4. The first-order valence-corrected chi connectivity index (χ1v) is 8.96. The molecule has 0 spiro atoms. The molecule has 0 atom stereocenters. The molecule has 2 aromatic carbocycles. The van der Waals surface area contributed by atoms with Crippen LogP contribution in [-0.4, -0.2) is 14.7 Å². The van der Waals surface area contributed by atoms with Gasteiger partial charge in [0.15, 0.2) is 5.88 Å². The van der Waals surface area contributed by atoms with Crippen molar-refractivity contribution in [1.82, 2.24) is 9.55 Å². The lowest BCUT2D eigenvalue weighted by Gasteiger charge is -2.07. The molecule has 26 heavy (non-hydrogen) atoms. The van der Waals surface area contributed by atoms with Crippen LogP contribution < -0.4 is 0 Å². The molecule has 0 aliphatic rings. The Hall–Kier alpha value is -3.07. The molecule has 0 unspecified atom stereocenters. The minimum atomic E-state index is 0.329. The van der Waals surface area contributed by atoms with Crippen LogP contribution in [0.5, 0.6) is 5.88 Å². The summed E-state index contributed by atoms with van der Waals surface area (Å²) in [6.45, 7) is 4.86. The van der Waals surface area contributed by atoms with Gasteiger partial charge in [-0.05, 0) is 47.7 Å². The van der Waals surface area contributed by atoms with Gasteiger partial charge in [-0.15, -0.1) is 0 Å². The van der Waals surface area contributed by atoms with Gasteiger partial charge in [-0.3, -0.25) is 4.98 Å². The summed E-state index contributed by atoms with van der Waals surface area (Å²) in [5, 5.41) is 12.7. The SMILES string of the molecule is CCc1ccc(Cn2cc3cc(-c4cccnc4)cc(C)c3c2O)cc1. The molecule has 4 aromatic rings. The molecule has 0 aliphatic carbocycles. The van der Waals surface area contributed by atoms with Gasteiger partial charge < -0.3 is 9.67 Å². The van der Waals surface area contributed by atoms with Crippen LogP contribution >= 0.6 is 0 Å². The number of aryl methyl sites for hydroxylation is 2. The second-order valence-electron chi connectivity index (χ2n) is 6.75. The molecule has 2 heterocycles. The lowest BCUT2D eigenvalue weighted by Crippen LogP contribution is -1.97. The van der Waals surface area contributed by atoms with E-state index in [9.17, 15) is 5.11 Å². The van der Waals surface area contributed by atoms with Gasteiger partial charge in [0.05, 0.1) is 6.54 Å². The van der Waals surface area contributed by atoms with E-state index in [0.717, 1.165) is 33.9 Å². The van der Waals surface area contributed by atoms with E-state index in [4.69, 9.17) is 0 Å². The molecule has 0 fully saturated rings. The fraction of sp³-hybridized carbons (Fsp3) is 0.174. The Balaban J connectivity index is 1.74. The Labute approximate surface area is 153 Å². The highest BCUT2D eigenvalue weighted by molar-refractivity contribution is 5.94. The largest absolute Gasteiger partial charge is 0.494 e. The van der Waals surface area contributed by atoms with E-state index >= 15 is 0 Å². The highest BCUT2D eigenvalue weighted by Crippen LogP contribution is 2.34. The van der Waals surface area contributed by atoms with Crippen molar-refractivity contribution in [2.75, 3.05) is 0 Å². The van der Waals surface area contributed by atoms with Crippen LogP contribution in [0.15, 0.2) is 67.1 Å². The highest BCUT2D eigenvalue weighted by atomic mass is 16.3. The Morgan fingerprint density at radius 3 is 2.46 bits per heavy atom. The van der Waals surface area contributed by atoms with Gasteiger partial charge in [0.2, 0.25) is 0 Å². The van der Waals surface area contributed by atoms with Crippen LogP contribution in [-0.2, 0) is 13.0 Å².